The van der Waals surface area contributed by atoms with Crippen molar-refractivity contribution in [1.29, 1.82) is 0 Å². The Balaban J connectivity index is 0.000000548. The Hall–Kier alpha value is -2.71. The summed E-state index contributed by atoms with van der Waals surface area (Å²) < 4.78 is 35.5. The van der Waals surface area contributed by atoms with Gasteiger partial charge in [-0.05, 0) is 81.8 Å². The third kappa shape index (κ3) is 13.7. The number of aryl methyl sites for hydroxylation is 1. The van der Waals surface area contributed by atoms with E-state index >= 15 is 0 Å². The molecule has 1 aliphatic heterocycles. The molecule has 6 nitrogen and oxygen atoms in total. The molecule has 2 aromatic carbocycles. The summed E-state index contributed by atoms with van der Waals surface area (Å²) in [6, 6.07) is 10.3. The number of nitrogens with one attached hydrogen (secondary N) is 2. The Bertz CT molecular complexity index is 950. The number of carbonyl (C=O) groups excluding carboxylic acids is 1. The molecule has 3 rings (SSSR count). The second kappa shape index (κ2) is 15.6. The van der Waals surface area contributed by atoms with Gasteiger partial charge in [-0.25, -0.2) is 13.6 Å². The van der Waals surface area contributed by atoms with E-state index in [0.29, 0.717) is 18.2 Å². The fraction of sp³-hybridized carbons (Fsp3) is 0.567. The summed E-state index contributed by atoms with van der Waals surface area (Å²) in [6.45, 7) is 16.2. The first-order valence-electron chi connectivity index (χ1n) is 13.1. The van der Waals surface area contributed by atoms with Gasteiger partial charge in [0.2, 0.25) is 0 Å². The minimum Gasteiger partial charge on any atom is -0.493 e. The number of halogens is 2. The highest BCUT2D eigenvalue weighted by molar-refractivity contribution is 5.67. The van der Waals surface area contributed by atoms with Gasteiger partial charge in [0, 0.05) is 37.7 Å². The number of alkyl carbamates (subject to hydrolysis) is 1. The molecule has 0 unspecified atom stereocenters. The van der Waals surface area contributed by atoms with Gasteiger partial charge in [-0.15, -0.1) is 0 Å². The van der Waals surface area contributed by atoms with Gasteiger partial charge in [0.15, 0.2) is 0 Å². The molecule has 0 aromatic heterocycles. The minimum atomic E-state index is -0.521. The first kappa shape index (κ1) is 33.3. The van der Waals surface area contributed by atoms with Crippen LogP contribution in [0.3, 0.4) is 0 Å². The molecule has 0 radical (unpaired) electrons. The molecule has 1 amide bonds. The van der Waals surface area contributed by atoms with E-state index in [-0.39, 0.29) is 11.5 Å². The highest BCUT2D eigenvalue weighted by Crippen LogP contribution is 2.34. The number of amides is 1. The molecule has 2 aromatic rings. The molecule has 3 N–H and O–H groups in total. The zero-order chi connectivity index (χ0) is 28.9. The predicted molar refractivity (Wildman–Crippen MR) is 149 cm³/mol. The fourth-order valence-corrected chi connectivity index (χ4v) is 3.94. The van der Waals surface area contributed by atoms with Crippen molar-refractivity contribution in [2.24, 2.45) is 5.41 Å². The van der Waals surface area contributed by atoms with Crippen LogP contribution in [0.15, 0.2) is 36.4 Å². The summed E-state index contributed by atoms with van der Waals surface area (Å²) in [7, 11) is 1.00. The highest BCUT2D eigenvalue weighted by atomic mass is 19.1. The Labute approximate surface area is 227 Å². The number of fused-ring (bicyclic) bond motifs is 1. The van der Waals surface area contributed by atoms with Crippen molar-refractivity contribution < 1.29 is 28.2 Å². The average Bonchev–Trinajstić information content (AvgIpc) is 2.77. The average molecular weight is 537 g/mol. The van der Waals surface area contributed by atoms with Gasteiger partial charge >= 0.3 is 6.09 Å². The maximum absolute atomic E-state index is 12.2. The van der Waals surface area contributed by atoms with Crippen molar-refractivity contribution in [2.75, 3.05) is 26.8 Å². The van der Waals surface area contributed by atoms with Gasteiger partial charge < -0.3 is 25.2 Å². The summed E-state index contributed by atoms with van der Waals surface area (Å²) in [6.07, 6.45) is 2.51. The second-order valence-corrected chi connectivity index (χ2v) is 11.5. The standard InChI is InChI=1S/C22H36N2O3.C7H6F2.CH4O/c1-21(2,3)15-16-8-9-19-17(14-16)18(10-13-26-19)23-11-7-12-24-20(25)27-22(4,5)6;1-5-2-6(8)4-7(9)3-5;1-2/h8-9,14,18,23H,7,10-13,15H2,1-6H3,(H,24,25);2-4H,1H3;2H,1H3/t18-;;/m0../s1. The molecule has 1 heterocycles. The van der Waals surface area contributed by atoms with Crippen LogP contribution in [0.25, 0.3) is 0 Å². The van der Waals surface area contributed by atoms with Crippen LogP contribution in [0.1, 0.15) is 77.1 Å². The lowest BCUT2D eigenvalue weighted by Gasteiger charge is -2.28. The summed E-state index contributed by atoms with van der Waals surface area (Å²) in [5.41, 5.74) is 3.01. The zero-order valence-corrected chi connectivity index (χ0v) is 24.2. The molecule has 1 atom stereocenters. The van der Waals surface area contributed by atoms with E-state index in [1.807, 2.05) is 20.8 Å². The fourth-order valence-electron chi connectivity index (χ4n) is 3.94. The molecule has 1 aliphatic rings. The van der Waals surface area contributed by atoms with E-state index in [4.69, 9.17) is 14.6 Å². The van der Waals surface area contributed by atoms with Crippen molar-refractivity contribution in [2.45, 2.75) is 79.4 Å². The molecule has 0 fully saturated rings. The lowest BCUT2D eigenvalue weighted by molar-refractivity contribution is 0.0527. The first-order valence-corrected chi connectivity index (χ1v) is 13.1. The van der Waals surface area contributed by atoms with Crippen molar-refractivity contribution >= 4 is 6.09 Å². The van der Waals surface area contributed by atoms with E-state index in [1.54, 1.807) is 6.92 Å². The van der Waals surface area contributed by atoms with Gasteiger partial charge in [0.25, 0.3) is 0 Å². The van der Waals surface area contributed by atoms with Crippen LogP contribution < -0.4 is 15.4 Å². The van der Waals surface area contributed by atoms with Crippen LogP contribution in [-0.4, -0.2) is 43.6 Å². The summed E-state index contributed by atoms with van der Waals surface area (Å²) in [5.74, 6) is -0.0525. The topological polar surface area (TPSA) is 79.8 Å². The normalized spacial score (nSPS) is 14.6. The Morgan fingerprint density at radius 1 is 1.03 bits per heavy atom. The predicted octanol–water partition coefficient (Wildman–Crippen LogP) is 6.48. The van der Waals surface area contributed by atoms with E-state index in [9.17, 15) is 13.6 Å². The van der Waals surface area contributed by atoms with Gasteiger partial charge in [0.05, 0.1) is 6.61 Å². The monoisotopic (exact) mass is 536 g/mol. The molecule has 0 aliphatic carbocycles. The molecule has 0 spiro atoms. The van der Waals surface area contributed by atoms with Crippen LogP contribution in [0, 0.1) is 24.0 Å². The van der Waals surface area contributed by atoms with Gasteiger partial charge in [0.1, 0.15) is 23.0 Å². The van der Waals surface area contributed by atoms with Gasteiger partial charge in [-0.3, -0.25) is 0 Å². The van der Waals surface area contributed by atoms with Crippen molar-refractivity contribution in [3.63, 3.8) is 0 Å². The maximum Gasteiger partial charge on any atom is 0.407 e. The van der Waals surface area contributed by atoms with Crippen LogP contribution in [0.2, 0.25) is 0 Å². The third-order valence-electron chi connectivity index (χ3n) is 5.27. The zero-order valence-electron chi connectivity index (χ0n) is 24.2. The maximum atomic E-state index is 12.2. The van der Waals surface area contributed by atoms with Crippen LogP contribution in [-0.2, 0) is 11.2 Å². The summed E-state index contributed by atoms with van der Waals surface area (Å²) in [5, 5.41) is 13.4. The molecule has 214 valence electrons. The Morgan fingerprint density at radius 2 is 1.66 bits per heavy atom. The Kier molecular flexibility index (Phi) is 13.7. The molecule has 0 saturated heterocycles. The number of aliphatic hydroxyl groups is 1. The number of aliphatic hydroxyl groups excluding tert-OH is 1. The second-order valence-electron chi connectivity index (χ2n) is 11.5. The highest BCUT2D eigenvalue weighted by Gasteiger charge is 2.22. The smallest absolute Gasteiger partial charge is 0.407 e. The van der Waals surface area contributed by atoms with E-state index in [0.717, 1.165) is 51.3 Å². The Morgan fingerprint density at radius 3 is 2.21 bits per heavy atom. The minimum absolute atomic E-state index is 0.264. The number of hydrogen-bond donors (Lipinski definition) is 3. The van der Waals surface area contributed by atoms with Crippen LogP contribution in [0.5, 0.6) is 5.75 Å². The number of hydrogen-bond acceptors (Lipinski definition) is 5. The van der Waals surface area contributed by atoms with Crippen LogP contribution >= 0.6 is 0 Å². The van der Waals surface area contributed by atoms with Crippen LogP contribution in [0.4, 0.5) is 13.6 Å². The number of ether oxygens (including phenoxy) is 2. The SMILES string of the molecule is CC(C)(C)Cc1ccc2c(c1)[C@@H](NCCCNC(=O)OC(C)(C)C)CCO2.CO.Cc1cc(F)cc(F)c1. The van der Waals surface area contributed by atoms with Gasteiger partial charge in [-0.2, -0.15) is 0 Å². The molecule has 38 heavy (non-hydrogen) atoms. The molecule has 0 bridgehead atoms. The summed E-state index contributed by atoms with van der Waals surface area (Å²) in [4.78, 5) is 11.7. The molecule has 8 heteroatoms. The quantitative estimate of drug-likeness (QED) is 0.368. The lowest BCUT2D eigenvalue weighted by Crippen LogP contribution is -2.34. The largest absolute Gasteiger partial charge is 0.493 e. The van der Waals surface area contributed by atoms with E-state index < -0.39 is 17.2 Å². The molecular weight excluding hydrogens is 490 g/mol. The van der Waals surface area contributed by atoms with E-state index in [1.165, 1.54) is 23.3 Å². The first-order chi connectivity index (χ1) is 17.7. The molecular formula is C30H46F2N2O4. The van der Waals surface area contributed by atoms with E-state index in [2.05, 4.69) is 49.6 Å². The third-order valence-corrected chi connectivity index (χ3v) is 5.27. The van der Waals surface area contributed by atoms with Crippen molar-refractivity contribution in [3.8, 4) is 5.75 Å². The summed E-state index contributed by atoms with van der Waals surface area (Å²) >= 11 is 0. The van der Waals surface area contributed by atoms with Gasteiger partial charge in [-0.1, -0.05) is 32.9 Å². The van der Waals surface area contributed by atoms with Crippen molar-refractivity contribution in [3.05, 3.63) is 64.7 Å². The number of rotatable bonds is 6. The molecule has 0 saturated carbocycles. The number of benzene rings is 2. The number of carbonyl (C=O) groups is 1. The lowest BCUT2D eigenvalue weighted by atomic mass is 9.86. The van der Waals surface area contributed by atoms with Crippen molar-refractivity contribution in [1.82, 2.24) is 10.6 Å².